The van der Waals surface area contributed by atoms with Gasteiger partial charge < -0.3 is 4.52 Å². The summed E-state index contributed by atoms with van der Waals surface area (Å²) in [7, 11) is 2.04. The number of rotatable bonds is 5. The normalized spacial score (nSPS) is 11.1. The van der Waals surface area contributed by atoms with Crippen LogP contribution in [0, 0.1) is 0 Å². The van der Waals surface area contributed by atoms with Crippen LogP contribution in [0.4, 0.5) is 0 Å². The van der Waals surface area contributed by atoms with Crippen LogP contribution in [-0.4, -0.2) is 27.1 Å². The zero-order valence-corrected chi connectivity index (χ0v) is 11.9. The molecule has 3 aromatic heterocycles. The van der Waals surface area contributed by atoms with Gasteiger partial charge in [0.2, 0.25) is 11.7 Å². The molecule has 0 bridgehead atoms. The highest BCUT2D eigenvalue weighted by molar-refractivity contribution is 7.09. The van der Waals surface area contributed by atoms with Crippen LogP contribution in [0.2, 0.25) is 0 Å². The second-order valence-electron chi connectivity index (χ2n) is 4.50. The molecule has 3 rings (SSSR count). The lowest BCUT2D eigenvalue weighted by molar-refractivity contribution is 0.262. The molecule has 0 saturated heterocycles. The molecule has 5 nitrogen and oxygen atoms in total. The van der Waals surface area contributed by atoms with Gasteiger partial charge in [0, 0.05) is 29.4 Å². The van der Waals surface area contributed by atoms with Crippen LogP contribution < -0.4 is 0 Å². The Hall–Kier alpha value is -2.05. The summed E-state index contributed by atoms with van der Waals surface area (Å²) in [4.78, 5) is 11.8. The van der Waals surface area contributed by atoms with E-state index in [1.54, 1.807) is 23.7 Å². The molecule has 0 aliphatic carbocycles. The topological polar surface area (TPSA) is 55.1 Å². The summed E-state index contributed by atoms with van der Waals surface area (Å²) < 4.78 is 5.29. The van der Waals surface area contributed by atoms with E-state index in [1.165, 1.54) is 4.88 Å². The van der Waals surface area contributed by atoms with Crippen molar-refractivity contribution in [1.82, 2.24) is 20.0 Å². The molecule has 0 aliphatic heterocycles. The van der Waals surface area contributed by atoms with Crippen LogP contribution in [-0.2, 0) is 13.1 Å². The quantitative estimate of drug-likeness (QED) is 0.722. The molecule has 0 spiro atoms. The van der Waals surface area contributed by atoms with Gasteiger partial charge in [-0.3, -0.25) is 9.88 Å². The Labute approximate surface area is 120 Å². The average Bonchev–Trinajstić information content (AvgIpc) is 3.11. The minimum Gasteiger partial charge on any atom is -0.338 e. The third-order valence-electron chi connectivity index (χ3n) is 2.82. The van der Waals surface area contributed by atoms with E-state index >= 15 is 0 Å². The minimum atomic E-state index is 0.604. The first-order chi connectivity index (χ1) is 9.81. The smallest absolute Gasteiger partial charge is 0.241 e. The van der Waals surface area contributed by atoms with E-state index in [9.17, 15) is 0 Å². The van der Waals surface area contributed by atoms with Crippen molar-refractivity contribution in [3.8, 4) is 11.4 Å². The van der Waals surface area contributed by atoms with Crippen molar-refractivity contribution >= 4 is 11.3 Å². The van der Waals surface area contributed by atoms with Crippen molar-refractivity contribution in [1.29, 1.82) is 0 Å². The van der Waals surface area contributed by atoms with E-state index in [0.717, 1.165) is 12.1 Å². The fraction of sp³-hybridized carbons (Fsp3) is 0.214. The second-order valence-corrected chi connectivity index (χ2v) is 5.53. The lowest BCUT2D eigenvalue weighted by atomic mass is 10.2. The molecule has 0 atom stereocenters. The van der Waals surface area contributed by atoms with Crippen molar-refractivity contribution in [2.75, 3.05) is 7.05 Å². The van der Waals surface area contributed by atoms with E-state index < -0.39 is 0 Å². The Morgan fingerprint density at radius 3 is 2.80 bits per heavy atom. The molecule has 0 N–H and O–H groups in total. The summed E-state index contributed by atoms with van der Waals surface area (Å²) in [5.41, 5.74) is 0.913. The summed E-state index contributed by atoms with van der Waals surface area (Å²) in [6, 6.07) is 7.91. The lowest BCUT2D eigenvalue weighted by Crippen LogP contribution is -2.16. The SMILES string of the molecule is CN(Cc1nc(-c2ccncc2)no1)Cc1cccs1. The maximum absolute atomic E-state index is 5.29. The number of hydrogen-bond donors (Lipinski definition) is 0. The fourth-order valence-corrected chi connectivity index (χ4v) is 2.68. The first-order valence-electron chi connectivity index (χ1n) is 6.25. The number of nitrogens with zero attached hydrogens (tertiary/aromatic N) is 4. The first kappa shape index (κ1) is 13.0. The van der Waals surface area contributed by atoms with Crippen LogP contribution in [0.3, 0.4) is 0 Å². The van der Waals surface area contributed by atoms with Crippen LogP contribution >= 0.6 is 11.3 Å². The van der Waals surface area contributed by atoms with Crippen LogP contribution in [0.5, 0.6) is 0 Å². The molecule has 0 aliphatic rings. The van der Waals surface area contributed by atoms with Gasteiger partial charge in [-0.05, 0) is 30.6 Å². The molecular weight excluding hydrogens is 272 g/mol. The summed E-state index contributed by atoms with van der Waals surface area (Å²) >= 11 is 1.75. The van der Waals surface area contributed by atoms with Gasteiger partial charge in [-0.1, -0.05) is 11.2 Å². The standard InChI is InChI=1S/C14H14N4OS/c1-18(9-12-3-2-8-20-12)10-13-16-14(17-19-13)11-4-6-15-7-5-11/h2-8H,9-10H2,1H3. The Balaban J connectivity index is 1.65. The molecular formula is C14H14N4OS. The van der Waals surface area contributed by atoms with Crippen molar-refractivity contribution in [2.24, 2.45) is 0 Å². The zero-order chi connectivity index (χ0) is 13.8. The van der Waals surface area contributed by atoms with E-state index in [0.29, 0.717) is 18.3 Å². The van der Waals surface area contributed by atoms with Gasteiger partial charge in [-0.15, -0.1) is 11.3 Å². The zero-order valence-electron chi connectivity index (χ0n) is 11.1. The number of hydrogen-bond acceptors (Lipinski definition) is 6. The predicted molar refractivity (Wildman–Crippen MR) is 77.0 cm³/mol. The van der Waals surface area contributed by atoms with Crippen LogP contribution in [0.15, 0.2) is 46.6 Å². The summed E-state index contributed by atoms with van der Waals surface area (Å²) in [6.45, 7) is 1.51. The Morgan fingerprint density at radius 2 is 2.05 bits per heavy atom. The molecule has 0 radical (unpaired) electrons. The highest BCUT2D eigenvalue weighted by atomic mass is 32.1. The Bertz CT molecular complexity index is 651. The number of thiophene rings is 1. The molecule has 6 heteroatoms. The average molecular weight is 286 g/mol. The Kier molecular flexibility index (Phi) is 3.85. The maximum atomic E-state index is 5.29. The van der Waals surface area contributed by atoms with Crippen molar-refractivity contribution < 1.29 is 4.52 Å². The van der Waals surface area contributed by atoms with Crippen molar-refractivity contribution in [3.63, 3.8) is 0 Å². The molecule has 0 aromatic carbocycles. The molecule has 102 valence electrons. The summed E-state index contributed by atoms with van der Waals surface area (Å²) in [5.74, 6) is 1.22. The largest absolute Gasteiger partial charge is 0.338 e. The van der Waals surface area contributed by atoms with E-state index in [2.05, 4.69) is 37.5 Å². The molecule has 3 heterocycles. The summed E-state index contributed by atoms with van der Waals surface area (Å²) in [5, 5.41) is 6.08. The van der Waals surface area contributed by atoms with Crippen LogP contribution in [0.1, 0.15) is 10.8 Å². The van der Waals surface area contributed by atoms with Gasteiger partial charge in [0.05, 0.1) is 6.54 Å². The molecule has 20 heavy (non-hydrogen) atoms. The van der Waals surface area contributed by atoms with E-state index in [-0.39, 0.29) is 0 Å². The van der Waals surface area contributed by atoms with Gasteiger partial charge in [0.15, 0.2) is 0 Å². The molecule has 0 unspecified atom stereocenters. The van der Waals surface area contributed by atoms with Crippen LogP contribution in [0.25, 0.3) is 11.4 Å². The van der Waals surface area contributed by atoms with Crippen molar-refractivity contribution in [2.45, 2.75) is 13.1 Å². The number of pyridine rings is 1. The lowest BCUT2D eigenvalue weighted by Gasteiger charge is -2.12. The third-order valence-corrected chi connectivity index (χ3v) is 3.68. The molecule has 3 aromatic rings. The summed E-state index contributed by atoms with van der Waals surface area (Å²) in [6.07, 6.45) is 3.43. The van der Waals surface area contributed by atoms with E-state index in [1.807, 2.05) is 19.2 Å². The second kappa shape index (κ2) is 5.94. The first-order valence-corrected chi connectivity index (χ1v) is 7.13. The van der Waals surface area contributed by atoms with Gasteiger partial charge in [0.25, 0.3) is 0 Å². The maximum Gasteiger partial charge on any atom is 0.241 e. The highest BCUT2D eigenvalue weighted by Gasteiger charge is 2.11. The van der Waals surface area contributed by atoms with Gasteiger partial charge in [-0.25, -0.2) is 0 Å². The molecule has 0 fully saturated rings. The third kappa shape index (κ3) is 3.09. The van der Waals surface area contributed by atoms with Gasteiger partial charge in [0.1, 0.15) is 0 Å². The Morgan fingerprint density at radius 1 is 1.20 bits per heavy atom. The fourth-order valence-electron chi connectivity index (χ4n) is 1.89. The predicted octanol–water partition coefficient (Wildman–Crippen LogP) is 2.83. The highest BCUT2D eigenvalue weighted by Crippen LogP contribution is 2.16. The number of aromatic nitrogens is 3. The molecule has 0 saturated carbocycles. The van der Waals surface area contributed by atoms with Crippen molar-refractivity contribution in [3.05, 3.63) is 52.8 Å². The van der Waals surface area contributed by atoms with Gasteiger partial charge in [-0.2, -0.15) is 4.98 Å². The molecule has 0 amide bonds. The van der Waals surface area contributed by atoms with Gasteiger partial charge >= 0.3 is 0 Å². The minimum absolute atomic E-state index is 0.604. The monoisotopic (exact) mass is 286 g/mol. The van der Waals surface area contributed by atoms with E-state index in [4.69, 9.17) is 4.52 Å².